The van der Waals surface area contributed by atoms with E-state index in [1.54, 1.807) is 0 Å². The van der Waals surface area contributed by atoms with Crippen LogP contribution in [0.25, 0.3) is 33.7 Å². The van der Waals surface area contributed by atoms with Gasteiger partial charge in [-0.05, 0) is 79.3 Å². The lowest BCUT2D eigenvalue weighted by Gasteiger charge is -2.17. The summed E-state index contributed by atoms with van der Waals surface area (Å²) in [6.45, 7) is 2.05. The zero-order chi connectivity index (χ0) is 25.4. The van der Waals surface area contributed by atoms with Crippen LogP contribution < -0.4 is 10.8 Å². The fourth-order valence-corrected chi connectivity index (χ4v) is 4.77. The molecular formula is C29H21ClN6S. The summed E-state index contributed by atoms with van der Waals surface area (Å²) < 4.78 is 4.40. The minimum absolute atomic E-state index is 0.514. The number of benzene rings is 4. The van der Waals surface area contributed by atoms with Crippen molar-refractivity contribution >= 4 is 51.8 Å². The summed E-state index contributed by atoms with van der Waals surface area (Å²) in [6.07, 6.45) is 0. The van der Waals surface area contributed by atoms with Crippen molar-refractivity contribution in [1.29, 1.82) is 0 Å². The molecule has 0 saturated heterocycles. The summed E-state index contributed by atoms with van der Waals surface area (Å²) in [5, 5.41) is 6.05. The fraction of sp³-hybridized carbons (Fsp3) is 0.0345. The van der Waals surface area contributed by atoms with Crippen LogP contribution in [0.15, 0.2) is 108 Å². The van der Waals surface area contributed by atoms with Gasteiger partial charge in [0.1, 0.15) is 0 Å². The molecule has 0 amide bonds. The van der Waals surface area contributed by atoms with E-state index >= 15 is 0 Å². The van der Waals surface area contributed by atoms with Crippen molar-refractivity contribution in [3.8, 4) is 11.4 Å². The first kappa shape index (κ1) is 23.1. The van der Waals surface area contributed by atoms with Gasteiger partial charge in [0.25, 0.3) is 0 Å². The Morgan fingerprint density at radius 1 is 0.730 bits per heavy atom. The Balaban J connectivity index is 1.84. The average Bonchev–Trinajstić information content (AvgIpc) is 3.04. The predicted molar refractivity (Wildman–Crippen MR) is 152 cm³/mol. The molecule has 8 heteroatoms. The van der Waals surface area contributed by atoms with Gasteiger partial charge in [0.2, 0.25) is 0 Å². The van der Waals surface area contributed by atoms with E-state index in [0.29, 0.717) is 26.4 Å². The van der Waals surface area contributed by atoms with E-state index in [1.807, 2.05) is 106 Å². The number of rotatable bonds is 4. The van der Waals surface area contributed by atoms with Gasteiger partial charge >= 0.3 is 0 Å². The summed E-state index contributed by atoms with van der Waals surface area (Å²) >= 11 is 12.4. The maximum absolute atomic E-state index is 6.23. The van der Waals surface area contributed by atoms with Crippen LogP contribution in [0.2, 0.25) is 5.02 Å². The van der Waals surface area contributed by atoms with Crippen LogP contribution in [0.5, 0.6) is 0 Å². The van der Waals surface area contributed by atoms with Gasteiger partial charge in [0.15, 0.2) is 21.4 Å². The van der Waals surface area contributed by atoms with Gasteiger partial charge in [-0.2, -0.15) is 5.10 Å². The summed E-state index contributed by atoms with van der Waals surface area (Å²) in [6, 6.07) is 33.2. The number of hydrogen-bond donors (Lipinski definition) is 1. The summed E-state index contributed by atoms with van der Waals surface area (Å²) in [7, 11) is 0. The summed E-state index contributed by atoms with van der Waals surface area (Å²) in [5.74, 6) is 0. The number of hydrogen-bond acceptors (Lipinski definition) is 5. The topological polar surface area (TPSA) is 60.0 Å². The molecule has 0 atom stereocenters. The third kappa shape index (κ3) is 4.28. The lowest BCUT2D eigenvalue weighted by atomic mass is 10.2. The van der Waals surface area contributed by atoms with Crippen molar-refractivity contribution < 1.29 is 0 Å². The largest absolute Gasteiger partial charge is 0.278 e. The van der Waals surface area contributed by atoms with Crippen LogP contribution >= 0.6 is 23.8 Å². The predicted octanol–water partition coefficient (Wildman–Crippen LogP) is 6.98. The highest BCUT2D eigenvalue weighted by molar-refractivity contribution is 7.71. The molecule has 1 N–H and O–H groups in total. The van der Waals surface area contributed by atoms with Gasteiger partial charge < -0.3 is 0 Å². The molecule has 0 saturated carbocycles. The van der Waals surface area contributed by atoms with Crippen molar-refractivity contribution in [1.82, 2.24) is 19.1 Å². The molecule has 6 nitrogen and oxygen atoms in total. The molecule has 0 spiro atoms. The Bertz CT molecular complexity index is 1890. The van der Waals surface area contributed by atoms with Crippen LogP contribution in [0.3, 0.4) is 0 Å². The minimum Gasteiger partial charge on any atom is -0.278 e. The molecule has 0 aliphatic heterocycles. The first-order valence-corrected chi connectivity index (χ1v) is 12.5. The molecule has 37 heavy (non-hydrogen) atoms. The van der Waals surface area contributed by atoms with E-state index in [1.165, 1.54) is 0 Å². The third-order valence-electron chi connectivity index (χ3n) is 6.08. The van der Waals surface area contributed by atoms with E-state index in [-0.39, 0.29) is 0 Å². The lowest BCUT2D eigenvalue weighted by molar-refractivity contribution is 0.881. The van der Waals surface area contributed by atoms with Crippen molar-refractivity contribution in [3.63, 3.8) is 0 Å². The van der Waals surface area contributed by atoms with Gasteiger partial charge in [-0.15, -0.1) is 0 Å². The van der Waals surface area contributed by atoms with E-state index in [9.17, 15) is 0 Å². The van der Waals surface area contributed by atoms with Crippen molar-refractivity contribution in [3.05, 3.63) is 124 Å². The molecule has 0 fully saturated rings. The second kappa shape index (κ2) is 9.61. The number of fused-ring (bicyclic) bond motifs is 3. The van der Waals surface area contributed by atoms with Crippen molar-refractivity contribution in [2.75, 3.05) is 5.43 Å². The number of halogens is 1. The highest BCUT2D eigenvalue weighted by Crippen LogP contribution is 2.22. The molecule has 0 unspecified atom stereocenters. The van der Waals surface area contributed by atoms with Crippen molar-refractivity contribution in [2.45, 2.75) is 6.92 Å². The molecule has 2 heterocycles. The monoisotopic (exact) mass is 520 g/mol. The molecule has 180 valence electrons. The Morgan fingerprint density at radius 2 is 1.32 bits per heavy atom. The normalized spacial score (nSPS) is 11.8. The maximum Gasteiger partial charge on any atom is 0.192 e. The molecule has 2 bridgehead atoms. The molecule has 0 aliphatic carbocycles. The van der Waals surface area contributed by atoms with Gasteiger partial charge in [0, 0.05) is 5.02 Å². The summed E-state index contributed by atoms with van der Waals surface area (Å²) in [5.41, 5.74) is 9.45. The molecular weight excluding hydrogens is 500 g/mol. The van der Waals surface area contributed by atoms with E-state index in [2.05, 4.69) is 18.4 Å². The minimum atomic E-state index is 0.514. The summed E-state index contributed by atoms with van der Waals surface area (Å²) in [4.78, 5) is 10.1. The molecule has 4 aromatic carbocycles. The highest BCUT2D eigenvalue weighted by Gasteiger charge is 2.17. The molecule has 6 aromatic rings. The Labute approximate surface area is 223 Å². The van der Waals surface area contributed by atoms with Crippen molar-refractivity contribution in [2.24, 2.45) is 5.10 Å². The van der Waals surface area contributed by atoms with E-state index in [0.717, 1.165) is 33.7 Å². The molecule has 2 aromatic heterocycles. The number of nitrogens with one attached hydrogen (secondary N) is 1. The number of aromatic nitrogens is 4. The zero-order valence-corrected chi connectivity index (χ0v) is 21.4. The maximum atomic E-state index is 6.23. The molecule has 0 aliphatic rings. The second-order valence-electron chi connectivity index (χ2n) is 8.51. The third-order valence-corrected chi connectivity index (χ3v) is 6.69. The Kier molecular flexibility index (Phi) is 6.00. The van der Waals surface area contributed by atoms with Gasteiger partial charge in [-0.25, -0.2) is 9.97 Å². The standard InChI is InChI=1S/C29H21ClN6S/c1-19-9-5-8-14-25(19)36-28-26(34-33-21-10-3-2-4-11-21)27(31-23-12-6-7-13-24(23)32-28)35(29(36)37)22-17-15-20(30)16-18-22/h2-18,33H,1H3. The quantitative estimate of drug-likeness (QED) is 0.201. The molecule has 6 rings (SSSR count). The average molecular weight is 521 g/mol. The highest BCUT2D eigenvalue weighted by atomic mass is 35.5. The van der Waals surface area contributed by atoms with Crippen LogP contribution in [-0.4, -0.2) is 19.1 Å². The SMILES string of the molecule is Cc1ccccc1-n1c(=S)n(-c2ccc(Cl)cc2)c2nc3ccccc3nc1c2=NNc1ccccc1. The van der Waals surface area contributed by atoms with Gasteiger partial charge in [-0.3, -0.25) is 14.6 Å². The number of anilines is 1. The van der Waals surface area contributed by atoms with Crippen LogP contribution in [0, 0.1) is 11.7 Å². The Morgan fingerprint density at radius 3 is 2.00 bits per heavy atom. The second-order valence-corrected chi connectivity index (χ2v) is 9.32. The van der Waals surface area contributed by atoms with Crippen LogP contribution in [0.4, 0.5) is 5.69 Å². The van der Waals surface area contributed by atoms with Crippen LogP contribution in [0.1, 0.15) is 5.56 Å². The smallest absolute Gasteiger partial charge is 0.192 e. The van der Waals surface area contributed by atoms with Crippen LogP contribution in [-0.2, 0) is 0 Å². The Hall–Kier alpha value is -4.33. The van der Waals surface area contributed by atoms with E-state index < -0.39 is 0 Å². The molecule has 0 radical (unpaired) electrons. The lowest BCUT2D eigenvalue weighted by Crippen LogP contribution is -2.23. The number of para-hydroxylation sites is 4. The number of aryl methyl sites for hydroxylation is 1. The van der Waals surface area contributed by atoms with E-state index in [4.69, 9.17) is 38.9 Å². The zero-order valence-electron chi connectivity index (χ0n) is 19.8. The first-order valence-electron chi connectivity index (χ1n) is 11.7. The fourth-order valence-electron chi connectivity index (χ4n) is 4.27. The van der Waals surface area contributed by atoms with Gasteiger partial charge in [0.05, 0.1) is 28.1 Å². The first-order chi connectivity index (χ1) is 18.1. The van der Waals surface area contributed by atoms with Gasteiger partial charge in [-0.1, -0.05) is 60.1 Å². The number of nitrogens with zero attached hydrogens (tertiary/aromatic N) is 5.